The van der Waals surface area contributed by atoms with Crippen LogP contribution in [0.1, 0.15) is 18.2 Å². The number of aromatic amines is 1. The van der Waals surface area contributed by atoms with Crippen LogP contribution in [-0.4, -0.2) is 32.3 Å². The number of imidazole rings is 1. The van der Waals surface area contributed by atoms with E-state index in [1.165, 1.54) is 0 Å². The van der Waals surface area contributed by atoms with Crippen molar-refractivity contribution in [1.29, 1.82) is 5.41 Å². The van der Waals surface area contributed by atoms with Crippen LogP contribution in [0.2, 0.25) is 0 Å². The Morgan fingerprint density at radius 2 is 1.91 bits per heavy atom. The first-order valence-corrected chi connectivity index (χ1v) is 10.4. The topological polar surface area (TPSA) is 88.8 Å². The molecule has 7 heteroatoms. The van der Waals surface area contributed by atoms with Gasteiger partial charge in [0.05, 0.1) is 36.0 Å². The van der Waals surface area contributed by atoms with Crippen molar-refractivity contribution in [2.24, 2.45) is 7.05 Å². The Kier molecular flexibility index (Phi) is 5.07. The van der Waals surface area contributed by atoms with Crippen molar-refractivity contribution >= 4 is 27.6 Å². The SMILES string of the molecule is CCOC(=N)c1ccc2[nH]nc(-c3ccc4cc(OCc5cncn5C)ccc4c3)c2c1. The molecule has 0 spiro atoms. The first-order valence-electron chi connectivity index (χ1n) is 10.4. The largest absolute Gasteiger partial charge is 0.487 e. The van der Waals surface area contributed by atoms with E-state index in [1.54, 1.807) is 6.33 Å². The van der Waals surface area contributed by atoms with E-state index in [2.05, 4.69) is 39.4 Å². The minimum absolute atomic E-state index is 0.165. The van der Waals surface area contributed by atoms with E-state index in [0.717, 1.165) is 49.9 Å². The average Bonchev–Trinajstić information content (AvgIpc) is 3.42. The van der Waals surface area contributed by atoms with Crippen molar-refractivity contribution < 1.29 is 9.47 Å². The van der Waals surface area contributed by atoms with Gasteiger partial charge in [0, 0.05) is 23.6 Å². The molecule has 2 heterocycles. The summed E-state index contributed by atoms with van der Waals surface area (Å²) in [4.78, 5) is 4.12. The van der Waals surface area contributed by atoms with E-state index in [1.807, 2.05) is 55.1 Å². The maximum absolute atomic E-state index is 8.08. The number of benzene rings is 3. The van der Waals surface area contributed by atoms with Gasteiger partial charge >= 0.3 is 0 Å². The molecule has 0 saturated heterocycles. The molecule has 2 aromatic heterocycles. The zero-order valence-corrected chi connectivity index (χ0v) is 17.9. The Morgan fingerprint density at radius 3 is 2.72 bits per heavy atom. The van der Waals surface area contributed by atoms with Crippen LogP contribution < -0.4 is 4.74 Å². The molecule has 5 aromatic rings. The van der Waals surface area contributed by atoms with Crippen LogP contribution in [0.25, 0.3) is 32.9 Å². The van der Waals surface area contributed by atoms with Gasteiger partial charge in [-0.05, 0) is 54.1 Å². The summed E-state index contributed by atoms with van der Waals surface area (Å²) in [5.41, 5.74) is 4.53. The molecule has 2 N–H and O–H groups in total. The monoisotopic (exact) mass is 425 g/mol. The molecule has 0 unspecified atom stereocenters. The summed E-state index contributed by atoms with van der Waals surface area (Å²) in [6.07, 6.45) is 3.57. The lowest BCUT2D eigenvalue weighted by Gasteiger charge is -2.09. The highest BCUT2D eigenvalue weighted by molar-refractivity contribution is 6.01. The molecule has 3 aromatic carbocycles. The highest BCUT2D eigenvalue weighted by atomic mass is 16.5. The lowest BCUT2D eigenvalue weighted by Crippen LogP contribution is -2.04. The zero-order chi connectivity index (χ0) is 22.1. The van der Waals surface area contributed by atoms with Crippen molar-refractivity contribution in [2.75, 3.05) is 6.61 Å². The van der Waals surface area contributed by atoms with Gasteiger partial charge in [-0.25, -0.2) is 4.98 Å². The molecule has 0 saturated carbocycles. The number of aromatic nitrogens is 4. The molecule has 5 rings (SSSR count). The summed E-state index contributed by atoms with van der Waals surface area (Å²) in [6, 6.07) is 18.1. The van der Waals surface area contributed by atoms with Gasteiger partial charge in [-0.3, -0.25) is 10.5 Å². The van der Waals surface area contributed by atoms with E-state index < -0.39 is 0 Å². The smallest absolute Gasteiger partial charge is 0.213 e. The van der Waals surface area contributed by atoms with Gasteiger partial charge in [-0.2, -0.15) is 5.10 Å². The number of ether oxygens (including phenoxy) is 2. The molecule has 0 radical (unpaired) electrons. The fraction of sp³-hybridized carbons (Fsp3) is 0.160. The molecule has 32 heavy (non-hydrogen) atoms. The summed E-state index contributed by atoms with van der Waals surface area (Å²) >= 11 is 0. The summed E-state index contributed by atoms with van der Waals surface area (Å²) in [7, 11) is 1.95. The second kappa shape index (κ2) is 8.19. The molecule has 0 atom stereocenters. The molecule has 0 aliphatic heterocycles. The lowest BCUT2D eigenvalue weighted by molar-refractivity contribution is 0.297. The predicted octanol–water partition coefficient (Wildman–Crippen LogP) is 5.06. The molecular weight excluding hydrogens is 402 g/mol. The zero-order valence-electron chi connectivity index (χ0n) is 17.9. The van der Waals surface area contributed by atoms with Crippen molar-refractivity contribution in [3.8, 4) is 17.0 Å². The van der Waals surface area contributed by atoms with E-state index in [9.17, 15) is 0 Å². The minimum atomic E-state index is 0.165. The van der Waals surface area contributed by atoms with Crippen LogP contribution in [0.5, 0.6) is 5.75 Å². The first-order chi connectivity index (χ1) is 15.6. The Morgan fingerprint density at radius 1 is 1.06 bits per heavy atom. The van der Waals surface area contributed by atoms with Gasteiger partial charge in [0.2, 0.25) is 5.90 Å². The Balaban J connectivity index is 1.44. The number of hydrogen-bond donors (Lipinski definition) is 2. The van der Waals surface area contributed by atoms with Gasteiger partial charge in [-0.1, -0.05) is 18.2 Å². The van der Waals surface area contributed by atoms with Crippen LogP contribution in [0.4, 0.5) is 0 Å². The second-order valence-electron chi connectivity index (χ2n) is 7.60. The highest BCUT2D eigenvalue weighted by Gasteiger charge is 2.12. The van der Waals surface area contributed by atoms with Crippen molar-refractivity contribution in [2.45, 2.75) is 13.5 Å². The third-order valence-electron chi connectivity index (χ3n) is 5.50. The van der Waals surface area contributed by atoms with E-state index in [-0.39, 0.29) is 5.90 Å². The quantitative estimate of drug-likeness (QED) is 0.294. The van der Waals surface area contributed by atoms with Crippen LogP contribution >= 0.6 is 0 Å². The number of nitrogens with zero attached hydrogens (tertiary/aromatic N) is 3. The van der Waals surface area contributed by atoms with Crippen LogP contribution in [-0.2, 0) is 18.4 Å². The Hall–Kier alpha value is -4.13. The van der Waals surface area contributed by atoms with Crippen molar-refractivity contribution in [3.63, 3.8) is 0 Å². The third-order valence-corrected chi connectivity index (χ3v) is 5.50. The maximum atomic E-state index is 8.08. The number of rotatable bonds is 6. The fourth-order valence-corrected chi connectivity index (χ4v) is 3.74. The number of hydrogen-bond acceptors (Lipinski definition) is 5. The van der Waals surface area contributed by atoms with Crippen molar-refractivity contribution in [3.05, 3.63) is 78.4 Å². The van der Waals surface area contributed by atoms with Gasteiger partial charge < -0.3 is 14.0 Å². The molecule has 7 nitrogen and oxygen atoms in total. The number of nitrogens with one attached hydrogen (secondary N) is 2. The van der Waals surface area contributed by atoms with Gasteiger partial charge in [0.15, 0.2) is 0 Å². The van der Waals surface area contributed by atoms with Crippen LogP contribution in [0.3, 0.4) is 0 Å². The lowest BCUT2D eigenvalue weighted by atomic mass is 10.0. The average molecular weight is 425 g/mol. The number of aryl methyl sites for hydroxylation is 1. The van der Waals surface area contributed by atoms with Gasteiger partial charge in [0.25, 0.3) is 0 Å². The first kappa shape index (κ1) is 19.8. The maximum Gasteiger partial charge on any atom is 0.213 e. The highest BCUT2D eigenvalue weighted by Crippen LogP contribution is 2.31. The molecule has 160 valence electrons. The molecule has 0 aliphatic rings. The summed E-state index contributed by atoms with van der Waals surface area (Å²) in [5.74, 6) is 0.981. The second-order valence-corrected chi connectivity index (χ2v) is 7.60. The molecule has 0 amide bonds. The van der Waals surface area contributed by atoms with Crippen LogP contribution in [0, 0.1) is 5.41 Å². The molecule has 0 bridgehead atoms. The van der Waals surface area contributed by atoms with E-state index in [4.69, 9.17) is 14.9 Å². The van der Waals surface area contributed by atoms with E-state index in [0.29, 0.717) is 13.2 Å². The molecule has 0 aliphatic carbocycles. The Bertz CT molecular complexity index is 1430. The Labute approximate surface area is 185 Å². The predicted molar refractivity (Wildman–Crippen MR) is 125 cm³/mol. The fourth-order valence-electron chi connectivity index (χ4n) is 3.74. The van der Waals surface area contributed by atoms with Crippen LogP contribution in [0.15, 0.2) is 67.1 Å². The minimum Gasteiger partial charge on any atom is -0.487 e. The summed E-state index contributed by atoms with van der Waals surface area (Å²) in [6.45, 7) is 2.81. The van der Waals surface area contributed by atoms with Crippen molar-refractivity contribution in [1.82, 2.24) is 19.7 Å². The molecule has 0 fully saturated rings. The summed E-state index contributed by atoms with van der Waals surface area (Å²) in [5, 5.41) is 18.9. The van der Waals surface area contributed by atoms with E-state index >= 15 is 0 Å². The standard InChI is InChI=1S/C25H23N5O2/c1-3-31-25(26)19-7-9-23-22(12-19)24(29-28-23)18-5-4-17-11-21(8-6-16(17)10-18)32-14-20-13-27-15-30(20)2/h4-13,15,26H,3,14H2,1-2H3,(H,28,29). The van der Waals surface area contributed by atoms with Gasteiger partial charge in [0.1, 0.15) is 12.4 Å². The molecular formula is C25H23N5O2. The number of H-pyrrole nitrogens is 1. The summed E-state index contributed by atoms with van der Waals surface area (Å²) < 4.78 is 13.2. The van der Waals surface area contributed by atoms with Gasteiger partial charge in [-0.15, -0.1) is 0 Å². The normalized spacial score (nSPS) is 11.2. The third kappa shape index (κ3) is 3.69. The number of fused-ring (bicyclic) bond motifs is 2.